The number of pyridine rings is 2. The van der Waals surface area contributed by atoms with E-state index in [1.54, 1.807) is 11.3 Å². The molecule has 6 rings (SSSR count). The average Bonchev–Trinajstić information content (AvgIpc) is 3.66. The number of nitrogens with zero attached hydrogens (tertiary/aromatic N) is 4. The first-order chi connectivity index (χ1) is 18.5. The van der Waals surface area contributed by atoms with Crippen LogP contribution in [-0.4, -0.2) is 30.1 Å². The number of hydrogen-bond donors (Lipinski definition) is 2. The lowest BCUT2D eigenvalue weighted by atomic mass is 9.85. The smallest absolute Gasteiger partial charge is 0.159 e. The van der Waals surface area contributed by atoms with Crippen LogP contribution in [-0.2, 0) is 6.42 Å². The second-order valence-electron chi connectivity index (χ2n) is 10.3. The highest BCUT2D eigenvalue weighted by Gasteiger charge is 2.16. The molecular weight excluding hydrogens is 488 g/mol. The quantitative estimate of drug-likeness (QED) is 0.279. The number of nitrogens with one attached hydrogen (secondary N) is 2. The van der Waals surface area contributed by atoms with E-state index in [-0.39, 0.29) is 0 Å². The summed E-state index contributed by atoms with van der Waals surface area (Å²) in [5.74, 6) is 1.48. The maximum Gasteiger partial charge on any atom is 0.159 e. The number of aromatic amines is 2. The van der Waals surface area contributed by atoms with Gasteiger partial charge in [0.05, 0.1) is 15.7 Å². The zero-order valence-corrected chi connectivity index (χ0v) is 22.7. The van der Waals surface area contributed by atoms with Gasteiger partial charge in [-0.3, -0.25) is 15.1 Å². The van der Waals surface area contributed by atoms with E-state index in [9.17, 15) is 0 Å². The summed E-state index contributed by atoms with van der Waals surface area (Å²) in [5.41, 5.74) is 7.01. The zero-order valence-electron chi connectivity index (χ0n) is 21.9. The number of aryl methyl sites for hydroxylation is 1. The van der Waals surface area contributed by atoms with Crippen molar-refractivity contribution in [3.05, 3.63) is 75.5 Å². The van der Waals surface area contributed by atoms with E-state index in [4.69, 9.17) is 4.98 Å². The number of imidazole rings is 1. The molecule has 5 aromatic heterocycles. The molecular formula is C31H32N6S. The Bertz CT molecular complexity index is 1730. The molecule has 38 heavy (non-hydrogen) atoms. The first kappa shape index (κ1) is 24.5. The highest BCUT2D eigenvalue weighted by molar-refractivity contribution is 7.15. The predicted molar refractivity (Wildman–Crippen MR) is 157 cm³/mol. The first-order valence-electron chi connectivity index (χ1n) is 13.3. The molecule has 7 heteroatoms. The summed E-state index contributed by atoms with van der Waals surface area (Å²) < 4.78 is 0. The van der Waals surface area contributed by atoms with Crippen LogP contribution >= 0.6 is 11.3 Å². The van der Waals surface area contributed by atoms with Crippen LogP contribution in [0.15, 0.2) is 48.9 Å². The minimum Gasteiger partial charge on any atom is -0.336 e. The molecule has 1 aliphatic carbocycles. The molecule has 5 heterocycles. The fourth-order valence-electron chi connectivity index (χ4n) is 5.35. The van der Waals surface area contributed by atoms with Crippen molar-refractivity contribution in [1.29, 1.82) is 0 Å². The monoisotopic (exact) mass is 520 g/mol. The van der Waals surface area contributed by atoms with Gasteiger partial charge in [0, 0.05) is 28.7 Å². The molecule has 0 aliphatic heterocycles. The van der Waals surface area contributed by atoms with Crippen molar-refractivity contribution in [2.75, 3.05) is 0 Å². The van der Waals surface area contributed by atoms with Gasteiger partial charge in [0.15, 0.2) is 5.82 Å². The minimum absolute atomic E-state index is 0.684. The van der Waals surface area contributed by atoms with E-state index < -0.39 is 0 Å². The Labute approximate surface area is 226 Å². The van der Waals surface area contributed by atoms with Gasteiger partial charge in [-0.1, -0.05) is 44.8 Å². The lowest BCUT2D eigenvalue weighted by Crippen LogP contribution is -2.21. The van der Waals surface area contributed by atoms with Crippen LogP contribution in [0.1, 0.15) is 55.0 Å². The zero-order chi connectivity index (χ0) is 26.1. The molecule has 192 valence electrons. The van der Waals surface area contributed by atoms with Crippen LogP contribution in [0.5, 0.6) is 0 Å². The maximum atomic E-state index is 4.87. The van der Waals surface area contributed by atoms with Crippen LogP contribution in [0, 0.1) is 12.8 Å². The summed E-state index contributed by atoms with van der Waals surface area (Å²) in [4.78, 5) is 19.8. The summed E-state index contributed by atoms with van der Waals surface area (Å²) in [6, 6.07) is 8.44. The fraction of sp³-hybridized carbons (Fsp3) is 0.290. The lowest BCUT2D eigenvalue weighted by Gasteiger charge is -2.21. The van der Waals surface area contributed by atoms with Gasteiger partial charge in [-0.05, 0) is 73.2 Å². The summed E-state index contributed by atoms with van der Waals surface area (Å²) in [7, 11) is 0. The standard InChI is InChI=1S/C31H32N6S/c1-19(24-16-23(17-32-18-24)15-22-7-5-4-6-8-22)9-11-25-21(3)28(37-36-25)31-34-26-13-14-33-30(29(26)35-31)27-12-10-20(2)38-27/h9-14,16-18,22,36H,3-8,15H2,1-2H3,(H,34,35)/b19-9+,25-11+. The van der Waals surface area contributed by atoms with Crippen LogP contribution in [0.25, 0.3) is 51.4 Å². The molecule has 1 fully saturated rings. The number of aromatic nitrogens is 6. The Morgan fingerprint density at radius 3 is 2.82 bits per heavy atom. The van der Waals surface area contributed by atoms with Gasteiger partial charge in [-0.2, -0.15) is 5.10 Å². The van der Waals surface area contributed by atoms with Crippen molar-refractivity contribution in [2.45, 2.75) is 52.4 Å². The van der Waals surface area contributed by atoms with Gasteiger partial charge in [0.25, 0.3) is 0 Å². The molecule has 0 saturated heterocycles. The van der Waals surface area contributed by atoms with Crippen molar-refractivity contribution in [1.82, 2.24) is 30.1 Å². The third kappa shape index (κ3) is 4.98. The third-order valence-corrected chi connectivity index (χ3v) is 8.50. The molecule has 1 saturated carbocycles. The van der Waals surface area contributed by atoms with Gasteiger partial charge in [-0.15, -0.1) is 11.3 Å². The van der Waals surface area contributed by atoms with Crippen molar-refractivity contribution in [3.8, 4) is 22.1 Å². The Balaban J connectivity index is 1.27. The van der Waals surface area contributed by atoms with E-state index in [1.807, 2.05) is 30.7 Å². The van der Waals surface area contributed by atoms with Gasteiger partial charge < -0.3 is 4.98 Å². The summed E-state index contributed by atoms with van der Waals surface area (Å²) in [6.45, 7) is 8.52. The van der Waals surface area contributed by atoms with Crippen molar-refractivity contribution in [2.24, 2.45) is 5.92 Å². The molecule has 0 bridgehead atoms. The van der Waals surface area contributed by atoms with Gasteiger partial charge >= 0.3 is 0 Å². The lowest BCUT2D eigenvalue weighted by molar-refractivity contribution is 0.356. The Hall–Kier alpha value is -3.84. The summed E-state index contributed by atoms with van der Waals surface area (Å²) in [6.07, 6.45) is 17.9. The molecule has 5 aromatic rings. The van der Waals surface area contributed by atoms with Crippen LogP contribution in [0.2, 0.25) is 0 Å². The molecule has 6 nitrogen and oxygen atoms in total. The molecule has 0 amide bonds. The van der Waals surface area contributed by atoms with E-state index in [1.165, 1.54) is 42.5 Å². The van der Waals surface area contributed by atoms with Gasteiger partial charge in [0.2, 0.25) is 0 Å². The SMILES string of the molecule is C=c1c(-c2nc3c(-c4ccc(C)s4)nccc3[nH]2)n[nH]/c1=C/C=C(\C)c1cncc(CC2CCCCC2)c1. The Morgan fingerprint density at radius 1 is 1.13 bits per heavy atom. The average molecular weight is 521 g/mol. The largest absolute Gasteiger partial charge is 0.336 e. The minimum atomic E-state index is 0.684. The van der Waals surface area contributed by atoms with E-state index in [0.717, 1.165) is 55.6 Å². The van der Waals surface area contributed by atoms with Crippen molar-refractivity contribution >= 4 is 40.6 Å². The molecule has 0 aromatic carbocycles. The van der Waals surface area contributed by atoms with Crippen LogP contribution in [0.3, 0.4) is 0 Å². The second-order valence-corrected chi connectivity index (χ2v) is 11.6. The number of rotatable bonds is 6. The van der Waals surface area contributed by atoms with Crippen LogP contribution in [0.4, 0.5) is 0 Å². The second kappa shape index (κ2) is 10.5. The van der Waals surface area contributed by atoms with E-state index >= 15 is 0 Å². The molecule has 1 aliphatic rings. The molecule has 0 spiro atoms. The summed E-state index contributed by atoms with van der Waals surface area (Å²) in [5, 5.41) is 9.35. The Kier molecular flexibility index (Phi) is 6.77. The summed E-state index contributed by atoms with van der Waals surface area (Å²) >= 11 is 1.72. The number of hydrogen-bond acceptors (Lipinski definition) is 5. The highest BCUT2D eigenvalue weighted by Crippen LogP contribution is 2.31. The number of thiophene rings is 1. The number of H-pyrrole nitrogens is 2. The van der Waals surface area contributed by atoms with Crippen LogP contribution < -0.4 is 10.6 Å². The Morgan fingerprint density at radius 2 is 2.00 bits per heavy atom. The third-order valence-electron chi connectivity index (χ3n) is 7.50. The molecule has 0 unspecified atom stereocenters. The van der Waals surface area contributed by atoms with Gasteiger partial charge in [0.1, 0.15) is 16.9 Å². The number of fused-ring (bicyclic) bond motifs is 1. The van der Waals surface area contributed by atoms with E-state index in [2.05, 4.69) is 69.9 Å². The molecule has 2 N–H and O–H groups in total. The van der Waals surface area contributed by atoms with Gasteiger partial charge in [-0.25, -0.2) is 4.98 Å². The predicted octanol–water partition coefficient (Wildman–Crippen LogP) is 6.20. The maximum absolute atomic E-state index is 4.87. The highest BCUT2D eigenvalue weighted by atomic mass is 32.1. The molecule has 0 atom stereocenters. The first-order valence-corrected chi connectivity index (χ1v) is 14.1. The number of allylic oxidation sites excluding steroid dienone is 2. The normalized spacial score (nSPS) is 15.5. The van der Waals surface area contributed by atoms with Crippen molar-refractivity contribution < 1.29 is 0 Å². The topological polar surface area (TPSA) is 83.1 Å². The molecule has 0 radical (unpaired) electrons. The van der Waals surface area contributed by atoms with Crippen molar-refractivity contribution in [3.63, 3.8) is 0 Å². The van der Waals surface area contributed by atoms with E-state index in [0.29, 0.717) is 11.5 Å². The fourth-order valence-corrected chi connectivity index (χ4v) is 6.21.